The number of nitrogens with zero attached hydrogens (tertiary/aromatic N) is 3. The highest BCUT2D eigenvalue weighted by Crippen LogP contribution is 2.17. The van der Waals surface area contributed by atoms with Crippen LogP contribution in [0, 0.1) is 11.3 Å². The Morgan fingerprint density at radius 3 is 2.62 bits per heavy atom. The zero-order valence-corrected chi connectivity index (χ0v) is 14.3. The van der Waals surface area contributed by atoms with E-state index in [1.165, 1.54) is 4.57 Å². The minimum Gasteiger partial charge on any atom is -0.497 e. The molecular weight excluding hydrogens is 338 g/mol. The van der Waals surface area contributed by atoms with Crippen molar-refractivity contribution in [3.05, 3.63) is 56.4 Å². The molecule has 8 nitrogen and oxygen atoms in total. The van der Waals surface area contributed by atoms with Gasteiger partial charge in [0, 0.05) is 12.2 Å². The molecule has 2 aromatic rings. The van der Waals surface area contributed by atoms with E-state index in [0.29, 0.717) is 30.2 Å². The van der Waals surface area contributed by atoms with E-state index in [2.05, 4.69) is 0 Å². The van der Waals surface area contributed by atoms with Gasteiger partial charge in [-0.05, 0) is 37.1 Å². The van der Waals surface area contributed by atoms with E-state index in [1.54, 1.807) is 31.4 Å². The van der Waals surface area contributed by atoms with Crippen molar-refractivity contribution in [2.75, 3.05) is 13.7 Å². The number of methoxy groups -OCH3 is 1. The molecule has 1 atom stereocenters. The molecule has 0 radical (unpaired) electrons. The summed E-state index contributed by atoms with van der Waals surface area (Å²) in [7, 11) is 1.56. The Bertz CT molecular complexity index is 953. The molecule has 1 aliphatic heterocycles. The summed E-state index contributed by atoms with van der Waals surface area (Å²) in [6.45, 7) is 0.145. The summed E-state index contributed by atoms with van der Waals surface area (Å²) >= 11 is 0. The number of hydrogen-bond donors (Lipinski definition) is 1. The molecule has 1 aromatic heterocycles. The molecule has 1 aliphatic rings. The lowest BCUT2D eigenvalue weighted by molar-refractivity contribution is 0.0899. The van der Waals surface area contributed by atoms with Crippen LogP contribution in [0.2, 0.25) is 0 Å². The van der Waals surface area contributed by atoms with Crippen molar-refractivity contribution < 1.29 is 14.6 Å². The third kappa shape index (κ3) is 3.34. The van der Waals surface area contributed by atoms with Gasteiger partial charge in [0.1, 0.15) is 35.8 Å². The van der Waals surface area contributed by atoms with Gasteiger partial charge in [-0.25, -0.2) is 4.79 Å². The molecule has 136 valence electrons. The van der Waals surface area contributed by atoms with Crippen molar-refractivity contribution in [1.29, 1.82) is 5.26 Å². The normalized spacial score (nSPS) is 13.7. The lowest BCUT2D eigenvalue weighted by Gasteiger charge is -2.15. The number of nitriles is 1. The summed E-state index contributed by atoms with van der Waals surface area (Å²) in [6.07, 6.45) is 0.183. The summed E-state index contributed by atoms with van der Waals surface area (Å²) in [6, 6.07) is 8.71. The molecule has 0 amide bonds. The van der Waals surface area contributed by atoms with E-state index in [-0.39, 0.29) is 18.7 Å². The average molecular weight is 357 g/mol. The Labute approximate surface area is 149 Å². The Morgan fingerprint density at radius 2 is 1.96 bits per heavy atom. The average Bonchev–Trinajstić information content (AvgIpc) is 3.14. The first-order valence-electron chi connectivity index (χ1n) is 8.26. The van der Waals surface area contributed by atoms with Gasteiger partial charge in [-0.1, -0.05) is 0 Å². The second-order valence-corrected chi connectivity index (χ2v) is 6.03. The summed E-state index contributed by atoms with van der Waals surface area (Å²) in [5.74, 6) is 1.21. The molecule has 1 N–H and O–H groups in total. The highest BCUT2D eigenvalue weighted by molar-refractivity contribution is 5.33. The fourth-order valence-electron chi connectivity index (χ4n) is 3.04. The minimum absolute atomic E-state index is 0.0228. The third-order valence-electron chi connectivity index (χ3n) is 4.34. The minimum atomic E-state index is -1.07. The first-order chi connectivity index (χ1) is 12.5. The van der Waals surface area contributed by atoms with E-state index < -0.39 is 17.4 Å². The SMILES string of the molecule is COc1ccc(OCC(O)Cn2c(=O)c(C#N)c3n(c2=O)CCC3)cc1. The van der Waals surface area contributed by atoms with Crippen LogP contribution in [0.3, 0.4) is 0 Å². The number of aliphatic hydroxyl groups excluding tert-OH is 1. The molecule has 3 rings (SSSR count). The van der Waals surface area contributed by atoms with Crippen molar-refractivity contribution >= 4 is 0 Å². The van der Waals surface area contributed by atoms with Crippen molar-refractivity contribution in [2.45, 2.75) is 32.0 Å². The summed E-state index contributed by atoms with van der Waals surface area (Å²) in [4.78, 5) is 24.9. The molecular formula is C18H19N3O5. The molecule has 8 heteroatoms. The number of fused-ring (bicyclic) bond motifs is 1. The van der Waals surface area contributed by atoms with E-state index in [0.717, 1.165) is 11.0 Å². The fraction of sp³-hybridized carbons (Fsp3) is 0.389. The summed E-state index contributed by atoms with van der Waals surface area (Å²) in [5, 5.41) is 19.4. The number of hydrogen-bond acceptors (Lipinski definition) is 6. The largest absolute Gasteiger partial charge is 0.497 e. The quantitative estimate of drug-likeness (QED) is 0.796. The Hall–Kier alpha value is -3.05. The van der Waals surface area contributed by atoms with Gasteiger partial charge in [-0.15, -0.1) is 0 Å². The standard InChI is InChI=1S/C18H19N3O5/c1-25-13-4-6-14(7-5-13)26-11-12(22)10-21-17(23)15(9-19)16-3-2-8-20(16)18(21)24/h4-7,12,22H,2-3,8,10-11H2,1H3. The number of ether oxygens (including phenoxy) is 2. The first kappa shape index (κ1) is 17.8. The Balaban J connectivity index is 1.75. The smallest absolute Gasteiger partial charge is 0.331 e. The molecule has 0 spiro atoms. The van der Waals surface area contributed by atoms with E-state index in [1.807, 2.05) is 6.07 Å². The van der Waals surface area contributed by atoms with Crippen molar-refractivity contribution in [2.24, 2.45) is 0 Å². The van der Waals surface area contributed by atoms with Gasteiger partial charge < -0.3 is 14.6 Å². The lowest BCUT2D eigenvalue weighted by Crippen LogP contribution is -2.44. The zero-order chi connectivity index (χ0) is 18.7. The van der Waals surface area contributed by atoms with Crippen LogP contribution < -0.4 is 20.7 Å². The van der Waals surface area contributed by atoms with Crippen LogP contribution in [0.25, 0.3) is 0 Å². The van der Waals surface area contributed by atoms with E-state index in [4.69, 9.17) is 9.47 Å². The van der Waals surface area contributed by atoms with Crippen LogP contribution in [-0.4, -0.2) is 34.1 Å². The number of rotatable bonds is 6. The van der Waals surface area contributed by atoms with Gasteiger partial charge >= 0.3 is 5.69 Å². The van der Waals surface area contributed by atoms with Crippen LogP contribution in [0.15, 0.2) is 33.9 Å². The molecule has 0 bridgehead atoms. The van der Waals surface area contributed by atoms with Crippen LogP contribution >= 0.6 is 0 Å². The lowest BCUT2D eigenvalue weighted by atomic mass is 10.2. The third-order valence-corrected chi connectivity index (χ3v) is 4.34. The van der Waals surface area contributed by atoms with Crippen LogP contribution in [0.5, 0.6) is 11.5 Å². The van der Waals surface area contributed by atoms with Crippen molar-refractivity contribution in [3.63, 3.8) is 0 Å². The molecule has 0 saturated carbocycles. The molecule has 0 aliphatic carbocycles. The monoisotopic (exact) mass is 357 g/mol. The van der Waals surface area contributed by atoms with Gasteiger partial charge in [0.25, 0.3) is 5.56 Å². The maximum atomic E-state index is 12.5. The fourth-order valence-corrected chi connectivity index (χ4v) is 3.04. The Kier molecular flexibility index (Phi) is 5.09. The highest BCUT2D eigenvalue weighted by Gasteiger charge is 2.23. The first-order valence-corrected chi connectivity index (χ1v) is 8.26. The predicted octanol–water partition coefficient (Wildman–Crippen LogP) is 0.276. The summed E-state index contributed by atoms with van der Waals surface area (Å²) < 4.78 is 12.9. The van der Waals surface area contributed by atoms with Crippen molar-refractivity contribution in [1.82, 2.24) is 9.13 Å². The molecule has 0 saturated heterocycles. The topological polar surface area (TPSA) is 106 Å². The molecule has 1 aromatic carbocycles. The summed E-state index contributed by atoms with van der Waals surface area (Å²) in [5.41, 5.74) is -0.688. The van der Waals surface area contributed by atoms with Crippen molar-refractivity contribution in [3.8, 4) is 17.6 Å². The maximum absolute atomic E-state index is 12.5. The predicted molar refractivity (Wildman–Crippen MR) is 92.5 cm³/mol. The Morgan fingerprint density at radius 1 is 1.27 bits per heavy atom. The molecule has 2 heterocycles. The molecule has 0 fully saturated rings. The number of aromatic nitrogens is 2. The highest BCUT2D eigenvalue weighted by atomic mass is 16.5. The van der Waals surface area contributed by atoms with Crippen LogP contribution in [0.4, 0.5) is 0 Å². The van der Waals surface area contributed by atoms with Gasteiger partial charge in [0.05, 0.1) is 13.7 Å². The van der Waals surface area contributed by atoms with Gasteiger partial charge in [0.15, 0.2) is 0 Å². The van der Waals surface area contributed by atoms with Crippen LogP contribution in [-0.2, 0) is 19.5 Å². The van der Waals surface area contributed by atoms with Crippen LogP contribution in [0.1, 0.15) is 17.7 Å². The second-order valence-electron chi connectivity index (χ2n) is 6.03. The number of benzene rings is 1. The van der Waals surface area contributed by atoms with E-state index >= 15 is 0 Å². The molecule has 26 heavy (non-hydrogen) atoms. The van der Waals surface area contributed by atoms with Gasteiger partial charge in [-0.3, -0.25) is 13.9 Å². The van der Waals surface area contributed by atoms with Gasteiger partial charge in [-0.2, -0.15) is 5.26 Å². The maximum Gasteiger partial charge on any atom is 0.331 e. The number of aliphatic hydroxyl groups is 1. The zero-order valence-electron chi connectivity index (χ0n) is 14.3. The second kappa shape index (κ2) is 7.45. The van der Waals surface area contributed by atoms with E-state index in [9.17, 15) is 20.0 Å². The molecule has 1 unspecified atom stereocenters. The van der Waals surface area contributed by atoms with Gasteiger partial charge in [0.2, 0.25) is 0 Å².